The number of fused-ring (bicyclic) bond motifs is 8. The van der Waals surface area contributed by atoms with Gasteiger partial charge in [-0.1, -0.05) is 170 Å². The van der Waals surface area contributed by atoms with Gasteiger partial charge in [0.2, 0.25) is 0 Å². The van der Waals surface area contributed by atoms with Gasteiger partial charge in [0.1, 0.15) is 0 Å². The molecule has 0 bridgehead atoms. The molecule has 0 atom stereocenters. The summed E-state index contributed by atoms with van der Waals surface area (Å²) < 4.78 is 4.83. The first kappa shape index (κ1) is 36.5. The molecule has 0 saturated heterocycles. The van der Waals surface area contributed by atoms with E-state index in [4.69, 9.17) is 0 Å². The summed E-state index contributed by atoms with van der Waals surface area (Å²) in [5, 5.41) is 10.5. The van der Waals surface area contributed by atoms with Gasteiger partial charge >= 0.3 is 0 Å². The second-order valence-corrected chi connectivity index (χ2v) is 20.6. The lowest BCUT2D eigenvalue weighted by Gasteiger charge is -2.45. The second kappa shape index (κ2) is 14.5. The van der Waals surface area contributed by atoms with Gasteiger partial charge in [0.15, 0.2) is 8.07 Å². The second-order valence-electron chi connectivity index (χ2n) is 16.9. The Kier molecular flexibility index (Phi) is 8.23. The van der Waals surface area contributed by atoms with Gasteiger partial charge in [-0.25, -0.2) is 0 Å². The first-order chi connectivity index (χ1) is 31.8. The van der Waals surface area contributed by atoms with E-state index in [2.05, 4.69) is 263 Å². The van der Waals surface area contributed by atoms with Gasteiger partial charge < -0.3 is 14.0 Å². The summed E-state index contributed by atoms with van der Waals surface area (Å²) in [6, 6.07) is 92.1. The molecule has 64 heavy (non-hydrogen) atoms. The van der Waals surface area contributed by atoms with E-state index < -0.39 is 8.07 Å². The minimum absolute atomic E-state index is 1.13. The highest BCUT2D eigenvalue weighted by Crippen LogP contribution is 2.42. The van der Waals surface area contributed by atoms with Crippen LogP contribution in [0.15, 0.2) is 249 Å². The Balaban J connectivity index is 0.968. The zero-order valence-corrected chi connectivity index (χ0v) is 36.0. The van der Waals surface area contributed by atoms with Crippen molar-refractivity contribution in [1.29, 1.82) is 0 Å². The van der Waals surface area contributed by atoms with Crippen LogP contribution in [-0.2, 0) is 0 Å². The number of benzene rings is 10. The lowest BCUT2D eigenvalue weighted by atomic mass is 10.0. The summed E-state index contributed by atoms with van der Waals surface area (Å²) in [7, 11) is -2.72. The van der Waals surface area contributed by atoms with E-state index in [9.17, 15) is 0 Å². The number of hydrogen-bond donors (Lipinski definition) is 0. The Morgan fingerprint density at radius 2 is 0.672 bits per heavy atom. The molecule has 0 fully saturated rings. The Labute approximate surface area is 373 Å². The van der Waals surface area contributed by atoms with Crippen LogP contribution in [0.5, 0.6) is 0 Å². The summed E-state index contributed by atoms with van der Waals surface area (Å²) in [6.45, 7) is 0. The predicted molar refractivity (Wildman–Crippen MR) is 272 cm³/mol. The molecule has 10 aromatic carbocycles. The van der Waals surface area contributed by atoms with E-state index in [-0.39, 0.29) is 0 Å². The normalized spacial score (nSPS) is 13.1. The highest BCUT2D eigenvalue weighted by Gasteiger charge is 2.48. The van der Waals surface area contributed by atoms with E-state index in [1.54, 1.807) is 0 Å². The molecule has 1 aliphatic rings. The molecule has 3 nitrogen and oxygen atoms in total. The van der Waals surface area contributed by atoms with Crippen LogP contribution < -0.4 is 25.6 Å². The number of aromatic nitrogens is 2. The van der Waals surface area contributed by atoms with Crippen molar-refractivity contribution in [3.05, 3.63) is 249 Å². The predicted octanol–water partition coefficient (Wildman–Crippen LogP) is 12.7. The van der Waals surface area contributed by atoms with Crippen molar-refractivity contribution in [2.45, 2.75) is 0 Å². The Morgan fingerprint density at radius 1 is 0.266 bits per heavy atom. The van der Waals surface area contributed by atoms with Crippen LogP contribution in [0.2, 0.25) is 0 Å². The quantitative estimate of drug-likeness (QED) is 0.152. The van der Waals surface area contributed by atoms with Crippen LogP contribution in [0.3, 0.4) is 0 Å². The van der Waals surface area contributed by atoms with Crippen LogP contribution in [0.1, 0.15) is 0 Å². The average Bonchev–Trinajstić information content (AvgIpc) is 3.89. The molecule has 3 heterocycles. The molecule has 12 aromatic rings. The maximum absolute atomic E-state index is 2.72. The zero-order chi connectivity index (χ0) is 42.2. The van der Waals surface area contributed by atoms with Gasteiger partial charge in [-0.05, 0) is 111 Å². The lowest BCUT2D eigenvalue weighted by molar-refractivity contribution is 1.17. The fourth-order valence-electron chi connectivity index (χ4n) is 10.9. The molecular weight excluding hydrogens is 791 g/mol. The minimum Gasteiger partial charge on any atom is -0.311 e. The fraction of sp³-hybridized carbons (Fsp3) is 0. The average molecular weight is 832 g/mol. The van der Waals surface area contributed by atoms with Crippen molar-refractivity contribution in [2.75, 3.05) is 4.90 Å². The molecule has 0 N–H and O–H groups in total. The number of nitrogens with zero attached hydrogens (tertiary/aromatic N) is 3. The van der Waals surface area contributed by atoms with Crippen LogP contribution in [0, 0.1) is 0 Å². The third-order valence-corrected chi connectivity index (χ3v) is 18.4. The zero-order valence-electron chi connectivity index (χ0n) is 35.0. The third-order valence-electron chi connectivity index (χ3n) is 13.6. The molecule has 300 valence electrons. The molecule has 13 rings (SSSR count). The van der Waals surface area contributed by atoms with E-state index in [1.165, 1.54) is 92.5 Å². The molecule has 0 unspecified atom stereocenters. The Bertz CT molecular complexity index is 3650. The molecule has 0 radical (unpaired) electrons. The van der Waals surface area contributed by atoms with Crippen LogP contribution in [0.25, 0.3) is 66.1 Å². The molecular formula is C60H41N3Si. The Morgan fingerprint density at radius 3 is 1.22 bits per heavy atom. The fourth-order valence-corrected chi connectivity index (χ4v) is 16.0. The highest BCUT2D eigenvalue weighted by molar-refractivity contribution is 7.21. The summed E-state index contributed by atoms with van der Waals surface area (Å²) in [5.74, 6) is 0. The highest BCUT2D eigenvalue weighted by atomic mass is 28.3. The number of rotatable bonds is 6. The topological polar surface area (TPSA) is 13.1 Å². The molecule has 2 aromatic heterocycles. The first-order valence-electron chi connectivity index (χ1n) is 22.1. The maximum Gasteiger partial charge on any atom is 0.184 e. The number of anilines is 3. The third kappa shape index (κ3) is 5.33. The van der Waals surface area contributed by atoms with Crippen molar-refractivity contribution in [1.82, 2.24) is 9.13 Å². The van der Waals surface area contributed by atoms with E-state index in [1.807, 2.05) is 0 Å². The maximum atomic E-state index is 2.50. The summed E-state index contributed by atoms with van der Waals surface area (Å²) in [5.41, 5.74) is 13.1. The largest absolute Gasteiger partial charge is 0.311 e. The number of hydrogen-bond acceptors (Lipinski definition) is 1. The van der Waals surface area contributed by atoms with Gasteiger partial charge in [0, 0.05) is 50.0 Å². The molecule has 1 aliphatic heterocycles. The molecule has 0 spiro atoms. The summed E-state index contributed by atoms with van der Waals surface area (Å²) >= 11 is 0. The van der Waals surface area contributed by atoms with Crippen LogP contribution in [0.4, 0.5) is 17.1 Å². The van der Waals surface area contributed by atoms with Crippen molar-refractivity contribution in [3.63, 3.8) is 0 Å². The van der Waals surface area contributed by atoms with Crippen LogP contribution >= 0.6 is 0 Å². The van der Waals surface area contributed by atoms with E-state index >= 15 is 0 Å². The van der Waals surface area contributed by atoms with Crippen molar-refractivity contribution >= 4 is 89.5 Å². The summed E-state index contributed by atoms with van der Waals surface area (Å²) in [6.07, 6.45) is 0. The summed E-state index contributed by atoms with van der Waals surface area (Å²) in [4.78, 5) is 2.50. The van der Waals surface area contributed by atoms with E-state index in [0.717, 1.165) is 11.4 Å². The SMILES string of the molecule is c1ccc(-n2c3ccccc3c3cc(-c4ccc5c(c4)c4ccccc4n5-c4cccc(N5c6ccccc6[Si](c6ccccc6)(c6ccccc6)c6ccccc65)c4)ccc32)cc1. The minimum atomic E-state index is -2.72. The van der Waals surface area contributed by atoms with Crippen LogP contribution in [-0.4, -0.2) is 17.2 Å². The Hall–Kier alpha value is -8.18. The van der Waals surface area contributed by atoms with Gasteiger partial charge in [0.05, 0.1) is 22.1 Å². The smallest absolute Gasteiger partial charge is 0.184 e. The van der Waals surface area contributed by atoms with E-state index in [0.29, 0.717) is 0 Å². The van der Waals surface area contributed by atoms with Gasteiger partial charge in [-0.2, -0.15) is 0 Å². The van der Waals surface area contributed by atoms with Crippen molar-refractivity contribution in [2.24, 2.45) is 0 Å². The molecule has 0 saturated carbocycles. The van der Waals surface area contributed by atoms with Crippen molar-refractivity contribution < 1.29 is 0 Å². The standard InChI is InChI=1S/C60H41N3Si/c1-4-19-44(20-5-1)61-53-29-12-10-27-49(53)51-39-42(35-37-55(51)61)43-36-38-56-52(40-43)50-28-11-13-30-54(50)62(56)45-21-18-22-46(41-45)63-57-31-14-16-33-59(57)64(47-23-6-2-7-24-47,48-25-8-3-9-26-48)60-34-17-15-32-58(60)63/h1-41H. The van der Waals surface area contributed by atoms with Gasteiger partial charge in [-0.15, -0.1) is 0 Å². The van der Waals surface area contributed by atoms with Gasteiger partial charge in [0.25, 0.3) is 0 Å². The first-order valence-corrected chi connectivity index (χ1v) is 24.1. The monoisotopic (exact) mass is 831 g/mol. The van der Waals surface area contributed by atoms with Gasteiger partial charge in [-0.3, -0.25) is 0 Å². The lowest BCUT2D eigenvalue weighted by Crippen LogP contribution is -2.77. The molecule has 0 amide bonds. The van der Waals surface area contributed by atoms with Crippen molar-refractivity contribution in [3.8, 4) is 22.5 Å². The molecule has 0 aliphatic carbocycles. The number of para-hydroxylation sites is 5. The molecule has 4 heteroatoms.